The number of nitrogens with zero attached hydrogens (tertiary/aromatic N) is 1. The van der Waals surface area contributed by atoms with Crippen LogP contribution in [0.5, 0.6) is 0 Å². The van der Waals surface area contributed by atoms with Gasteiger partial charge in [-0.3, -0.25) is 0 Å². The lowest BCUT2D eigenvalue weighted by Crippen LogP contribution is -2.43. The fraction of sp³-hybridized carbons (Fsp3) is 0.294. The van der Waals surface area contributed by atoms with E-state index in [9.17, 15) is 4.55 Å². The lowest BCUT2D eigenvalue weighted by atomic mass is 9.78. The fourth-order valence-corrected chi connectivity index (χ4v) is 6.08. The van der Waals surface area contributed by atoms with Gasteiger partial charge in [-0.25, -0.2) is 0 Å². The molecule has 2 nitrogen and oxygen atoms in total. The monoisotopic (exact) mass is 283 g/mol. The van der Waals surface area contributed by atoms with E-state index in [0.29, 0.717) is 5.92 Å². The van der Waals surface area contributed by atoms with Crippen LogP contribution >= 0.6 is 0 Å². The number of hydrogen-bond donors (Lipinski definition) is 0. The first kappa shape index (κ1) is 12.3. The summed E-state index contributed by atoms with van der Waals surface area (Å²) in [5.74, 6) is 0.427. The summed E-state index contributed by atoms with van der Waals surface area (Å²) >= 11 is 0. The Morgan fingerprint density at radius 2 is 1.90 bits per heavy atom. The molecule has 2 aromatic rings. The molecule has 0 aromatic heterocycles. The highest BCUT2D eigenvalue weighted by atomic mass is 32.3. The molecular formula is C17H17NOS. The van der Waals surface area contributed by atoms with Gasteiger partial charge in [-0.05, 0) is 59.2 Å². The molecule has 3 heteroatoms. The van der Waals surface area contributed by atoms with Crippen LogP contribution in [0.3, 0.4) is 0 Å². The number of aryl methyl sites for hydroxylation is 1. The summed E-state index contributed by atoms with van der Waals surface area (Å²) in [5, 5.41) is 0.195. The highest BCUT2D eigenvalue weighted by Gasteiger charge is 2.48. The fourth-order valence-electron chi connectivity index (χ4n) is 3.31. The summed E-state index contributed by atoms with van der Waals surface area (Å²) < 4.78 is 18.2. The van der Waals surface area contributed by atoms with Gasteiger partial charge in [0.05, 0.1) is 0 Å². The van der Waals surface area contributed by atoms with Crippen molar-refractivity contribution in [3.05, 3.63) is 59.7 Å². The van der Waals surface area contributed by atoms with Gasteiger partial charge < -0.3 is 4.55 Å². The molecule has 4 rings (SSSR count). The van der Waals surface area contributed by atoms with Gasteiger partial charge in [0.25, 0.3) is 0 Å². The molecule has 0 N–H and O–H groups in total. The van der Waals surface area contributed by atoms with Crippen molar-refractivity contribution in [2.24, 2.45) is 4.36 Å². The van der Waals surface area contributed by atoms with E-state index in [-0.39, 0.29) is 5.25 Å². The van der Waals surface area contributed by atoms with Crippen molar-refractivity contribution < 1.29 is 4.55 Å². The van der Waals surface area contributed by atoms with Crippen LogP contribution in [-0.4, -0.2) is 9.80 Å². The van der Waals surface area contributed by atoms with E-state index in [1.54, 1.807) is 0 Å². The Morgan fingerprint density at radius 1 is 1.10 bits per heavy atom. The number of hydrogen-bond acceptors (Lipinski definition) is 2. The third kappa shape index (κ3) is 1.63. The van der Waals surface area contributed by atoms with Gasteiger partial charge >= 0.3 is 0 Å². The predicted octanol–water partition coefficient (Wildman–Crippen LogP) is 4.41. The zero-order chi connectivity index (χ0) is 13.7. The first-order chi connectivity index (χ1) is 9.68. The molecule has 0 amide bonds. The number of rotatable bonds is 1. The minimum atomic E-state index is -2.32. The highest BCUT2D eigenvalue weighted by molar-refractivity contribution is 8.00. The minimum absolute atomic E-state index is 0.195. The molecule has 2 aromatic carbocycles. The van der Waals surface area contributed by atoms with Crippen molar-refractivity contribution in [3.8, 4) is 0 Å². The molecule has 1 aliphatic heterocycles. The molecule has 0 saturated heterocycles. The predicted molar refractivity (Wildman–Crippen MR) is 81.9 cm³/mol. The van der Waals surface area contributed by atoms with Crippen molar-refractivity contribution >= 4 is 15.8 Å². The minimum Gasteiger partial charge on any atom is -0.626 e. The van der Waals surface area contributed by atoms with E-state index in [4.69, 9.17) is 4.36 Å². The Balaban J connectivity index is 1.96. The van der Waals surface area contributed by atoms with Crippen LogP contribution < -0.4 is 0 Å². The Hall–Kier alpha value is -1.45. The molecule has 2 aliphatic rings. The van der Waals surface area contributed by atoms with Gasteiger partial charge in [-0.15, -0.1) is 4.36 Å². The van der Waals surface area contributed by atoms with Crippen LogP contribution in [0, 0.1) is 6.92 Å². The van der Waals surface area contributed by atoms with E-state index in [0.717, 1.165) is 23.4 Å². The normalized spacial score (nSPS) is 30.7. The van der Waals surface area contributed by atoms with Crippen LogP contribution in [0.4, 0.5) is 5.69 Å². The van der Waals surface area contributed by atoms with E-state index in [1.807, 2.05) is 30.3 Å². The Morgan fingerprint density at radius 3 is 2.60 bits per heavy atom. The lowest BCUT2D eigenvalue weighted by Gasteiger charge is -2.45. The summed E-state index contributed by atoms with van der Waals surface area (Å²) in [4.78, 5) is 0.891. The van der Waals surface area contributed by atoms with Crippen molar-refractivity contribution in [1.82, 2.24) is 0 Å². The van der Waals surface area contributed by atoms with Gasteiger partial charge in [0.2, 0.25) is 0 Å². The third-order valence-corrected chi connectivity index (χ3v) is 7.32. The maximum Gasteiger partial charge on any atom is 0.137 e. The summed E-state index contributed by atoms with van der Waals surface area (Å²) in [6.45, 7) is 2.06. The molecule has 0 bridgehead atoms. The molecule has 0 radical (unpaired) electrons. The van der Waals surface area contributed by atoms with Crippen LogP contribution in [0.15, 0.2) is 57.8 Å². The molecule has 1 unspecified atom stereocenters. The summed E-state index contributed by atoms with van der Waals surface area (Å²) in [7, 11) is -2.32. The molecule has 102 valence electrons. The van der Waals surface area contributed by atoms with Crippen LogP contribution in [0.2, 0.25) is 0 Å². The van der Waals surface area contributed by atoms with Crippen molar-refractivity contribution in [3.63, 3.8) is 0 Å². The summed E-state index contributed by atoms with van der Waals surface area (Å²) in [6, 6.07) is 16.2. The third-order valence-electron chi connectivity index (χ3n) is 4.52. The molecule has 0 spiro atoms. The zero-order valence-electron chi connectivity index (χ0n) is 11.5. The molecule has 20 heavy (non-hydrogen) atoms. The first-order valence-electron chi connectivity index (χ1n) is 7.10. The summed E-state index contributed by atoms with van der Waals surface area (Å²) in [5.41, 5.74) is 3.42. The van der Waals surface area contributed by atoms with Crippen LogP contribution in [0.25, 0.3) is 0 Å². The molecule has 3 atom stereocenters. The lowest BCUT2D eigenvalue weighted by molar-refractivity contribution is 0.401. The van der Waals surface area contributed by atoms with E-state index in [1.165, 1.54) is 11.1 Å². The van der Waals surface area contributed by atoms with Gasteiger partial charge in [-0.1, -0.05) is 30.3 Å². The molecule has 1 fully saturated rings. The second-order valence-corrected chi connectivity index (χ2v) is 8.15. The highest BCUT2D eigenvalue weighted by Crippen LogP contribution is 2.53. The SMILES string of the molecule is Cc1ccc2c(c1)N=[S+]([O-])(c1ccccc1)[C@H]1CC[C@@H]21. The Kier molecular flexibility index (Phi) is 2.63. The largest absolute Gasteiger partial charge is 0.626 e. The van der Waals surface area contributed by atoms with Crippen LogP contribution in [-0.2, 0) is 10.1 Å². The first-order valence-corrected chi connectivity index (χ1v) is 8.68. The van der Waals surface area contributed by atoms with Crippen molar-refractivity contribution in [2.45, 2.75) is 35.8 Å². The number of benzene rings is 2. The molecule has 1 saturated carbocycles. The topological polar surface area (TPSA) is 35.4 Å². The van der Waals surface area contributed by atoms with E-state index >= 15 is 0 Å². The molecule has 1 heterocycles. The molecule has 1 aliphatic carbocycles. The Bertz CT molecular complexity index is 723. The standard InChI is InChI=1S/C17H17NOS/c1-12-7-8-14-15-9-10-17(15)20(19,18-16(14)11-12)13-5-3-2-4-6-13/h2-8,11,15,17H,9-10H2,1H3/t15-,17-,20?/m0/s1. The quantitative estimate of drug-likeness (QED) is 0.714. The van der Waals surface area contributed by atoms with Crippen molar-refractivity contribution in [2.75, 3.05) is 0 Å². The second kappa shape index (κ2) is 4.27. The average molecular weight is 283 g/mol. The average Bonchev–Trinajstić information content (AvgIpc) is 2.40. The maximum absolute atomic E-state index is 13.5. The molecular weight excluding hydrogens is 266 g/mol. The van der Waals surface area contributed by atoms with Crippen LogP contribution in [0.1, 0.15) is 29.9 Å². The van der Waals surface area contributed by atoms with Gasteiger partial charge in [0.1, 0.15) is 15.8 Å². The number of fused-ring (bicyclic) bond motifs is 3. The van der Waals surface area contributed by atoms with Gasteiger partial charge in [0, 0.05) is 5.92 Å². The van der Waals surface area contributed by atoms with Gasteiger partial charge in [-0.2, -0.15) is 0 Å². The smallest absolute Gasteiger partial charge is 0.137 e. The van der Waals surface area contributed by atoms with Gasteiger partial charge in [0.15, 0.2) is 0 Å². The van der Waals surface area contributed by atoms with E-state index < -0.39 is 10.1 Å². The van der Waals surface area contributed by atoms with Crippen molar-refractivity contribution in [1.29, 1.82) is 0 Å². The Labute approximate surface area is 120 Å². The van der Waals surface area contributed by atoms with E-state index in [2.05, 4.69) is 25.1 Å². The summed E-state index contributed by atoms with van der Waals surface area (Å²) in [6.07, 6.45) is 2.16. The second-order valence-electron chi connectivity index (χ2n) is 5.76. The zero-order valence-corrected chi connectivity index (χ0v) is 12.3. The maximum atomic E-state index is 13.5.